The third kappa shape index (κ3) is 9.21. The Morgan fingerprint density at radius 3 is 1.20 bits per heavy atom. The van der Waals surface area contributed by atoms with Gasteiger partial charge in [-0.1, -0.05) is 41.5 Å². The molecule has 0 aliphatic rings. The highest BCUT2D eigenvalue weighted by molar-refractivity contribution is 5.84. The van der Waals surface area contributed by atoms with Crippen molar-refractivity contribution in [2.24, 2.45) is 10.8 Å². The smallest absolute Gasteiger partial charge is 0.140 e. The maximum absolute atomic E-state index is 11.6. The minimum absolute atomic E-state index is 0.203. The molecule has 0 rings (SSSR count). The van der Waals surface area contributed by atoms with Crippen molar-refractivity contribution in [1.29, 1.82) is 0 Å². The fraction of sp³-hybridized carbons (Fsp3) is 0.875. The van der Waals surface area contributed by atoms with Gasteiger partial charge in [0.1, 0.15) is 11.6 Å². The van der Waals surface area contributed by atoms with E-state index in [1.165, 1.54) is 0 Å². The van der Waals surface area contributed by atoms with Gasteiger partial charge in [-0.25, -0.2) is 0 Å². The number of Topliss-reactive ketones (excluding diaryl/α,β-unsaturated/α-hetero) is 2. The van der Waals surface area contributed by atoms with Gasteiger partial charge in [-0.05, 0) is 0 Å². The van der Waals surface area contributed by atoms with Gasteiger partial charge in [0.25, 0.3) is 0 Å². The zero-order valence-electron chi connectivity index (χ0n) is 13.9. The summed E-state index contributed by atoms with van der Waals surface area (Å²) in [7, 11) is 0. The van der Waals surface area contributed by atoms with Crippen molar-refractivity contribution in [3.05, 3.63) is 0 Å². The molecule has 0 aromatic rings. The molecule has 118 valence electrons. The highest BCUT2D eigenvalue weighted by Crippen LogP contribution is 2.17. The Bertz CT molecular complexity index is 275. The van der Waals surface area contributed by atoms with Gasteiger partial charge in [0, 0.05) is 23.7 Å². The van der Waals surface area contributed by atoms with E-state index in [9.17, 15) is 9.59 Å². The molecule has 0 spiro atoms. The molecule has 0 N–H and O–H groups in total. The van der Waals surface area contributed by atoms with Crippen LogP contribution in [0.5, 0.6) is 0 Å². The summed E-state index contributed by atoms with van der Waals surface area (Å²) in [5, 5.41) is 0. The highest BCUT2D eigenvalue weighted by atomic mass is 16.5. The van der Waals surface area contributed by atoms with E-state index in [-0.39, 0.29) is 22.4 Å². The lowest BCUT2D eigenvalue weighted by atomic mass is 9.89. The molecule has 4 nitrogen and oxygen atoms in total. The van der Waals surface area contributed by atoms with Crippen LogP contribution in [0.15, 0.2) is 0 Å². The van der Waals surface area contributed by atoms with E-state index in [1.807, 2.05) is 41.5 Å². The van der Waals surface area contributed by atoms with Crippen molar-refractivity contribution in [3.8, 4) is 0 Å². The molecule has 0 amide bonds. The Morgan fingerprint density at radius 1 is 0.650 bits per heavy atom. The van der Waals surface area contributed by atoms with Gasteiger partial charge in [-0.15, -0.1) is 0 Å². The Morgan fingerprint density at radius 2 is 0.950 bits per heavy atom. The van der Waals surface area contributed by atoms with E-state index in [2.05, 4.69) is 0 Å². The first-order valence-electron chi connectivity index (χ1n) is 7.27. The molecule has 0 aromatic carbocycles. The van der Waals surface area contributed by atoms with Gasteiger partial charge in [-0.3, -0.25) is 9.59 Å². The van der Waals surface area contributed by atoms with Crippen molar-refractivity contribution in [2.75, 3.05) is 26.4 Å². The van der Waals surface area contributed by atoms with E-state index >= 15 is 0 Å². The van der Waals surface area contributed by atoms with Gasteiger partial charge in [0.15, 0.2) is 0 Å². The Labute approximate surface area is 123 Å². The van der Waals surface area contributed by atoms with Gasteiger partial charge in [-0.2, -0.15) is 0 Å². The first-order chi connectivity index (χ1) is 9.05. The van der Waals surface area contributed by atoms with Crippen molar-refractivity contribution in [2.45, 2.75) is 54.4 Å². The van der Waals surface area contributed by atoms with Crippen LogP contribution in [-0.2, 0) is 19.1 Å². The van der Waals surface area contributed by atoms with Gasteiger partial charge in [0.2, 0.25) is 0 Å². The zero-order chi connectivity index (χ0) is 15.8. The summed E-state index contributed by atoms with van der Waals surface area (Å²) in [6, 6.07) is 0. The quantitative estimate of drug-likeness (QED) is 0.611. The molecule has 0 heterocycles. The van der Waals surface area contributed by atoms with Crippen LogP contribution in [0.1, 0.15) is 54.4 Å². The minimum atomic E-state index is -0.298. The number of carbonyl (C=O) groups is 2. The van der Waals surface area contributed by atoms with Crippen LogP contribution in [0.4, 0.5) is 0 Å². The molecule has 0 bridgehead atoms. The summed E-state index contributed by atoms with van der Waals surface area (Å²) in [4.78, 5) is 23.2. The normalized spacial score (nSPS) is 12.5. The van der Waals surface area contributed by atoms with Crippen molar-refractivity contribution < 1.29 is 19.1 Å². The highest BCUT2D eigenvalue weighted by Gasteiger charge is 2.21. The van der Waals surface area contributed by atoms with Crippen LogP contribution in [0, 0.1) is 10.8 Å². The van der Waals surface area contributed by atoms with Crippen LogP contribution < -0.4 is 0 Å². The van der Waals surface area contributed by atoms with E-state index in [1.54, 1.807) is 0 Å². The molecule has 0 aliphatic carbocycles. The second-order valence-corrected chi connectivity index (χ2v) is 7.07. The van der Waals surface area contributed by atoms with Crippen molar-refractivity contribution in [1.82, 2.24) is 0 Å². The molecule has 0 aliphatic heterocycles. The van der Waals surface area contributed by atoms with Crippen LogP contribution in [-0.4, -0.2) is 38.0 Å². The number of hydrogen-bond acceptors (Lipinski definition) is 4. The Balaban J connectivity index is 3.47. The van der Waals surface area contributed by atoms with Crippen molar-refractivity contribution >= 4 is 11.6 Å². The predicted molar refractivity (Wildman–Crippen MR) is 79.8 cm³/mol. The Kier molecular flexibility index (Phi) is 8.21. The lowest BCUT2D eigenvalue weighted by molar-refractivity contribution is -0.128. The third-order valence-corrected chi connectivity index (χ3v) is 2.99. The summed E-state index contributed by atoms with van der Waals surface area (Å²) < 4.78 is 10.7. The van der Waals surface area contributed by atoms with Crippen LogP contribution in [0.25, 0.3) is 0 Å². The topological polar surface area (TPSA) is 52.6 Å². The monoisotopic (exact) mass is 286 g/mol. The molecule has 0 fully saturated rings. The molecular formula is C16H30O4. The summed E-state index contributed by atoms with van der Waals surface area (Å²) in [6.07, 6.45) is 0.873. The first-order valence-corrected chi connectivity index (χ1v) is 7.27. The second-order valence-electron chi connectivity index (χ2n) is 7.07. The summed E-state index contributed by atoms with van der Waals surface area (Å²) in [5.41, 5.74) is -0.597. The maximum Gasteiger partial charge on any atom is 0.140 e. The van der Waals surface area contributed by atoms with Crippen molar-refractivity contribution in [3.63, 3.8) is 0 Å². The SMILES string of the molecule is CC(C)(C)C(=O)CCOCCOCCC(=O)C(C)(C)C. The van der Waals surface area contributed by atoms with E-state index < -0.39 is 0 Å². The molecule has 0 saturated heterocycles. The van der Waals surface area contributed by atoms with Gasteiger partial charge in [0.05, 0.1) is 26.4 Å². The average molecular weight is 286 g/mol. The fourth-order valence-corrected chi connectivity index (χ4v) is 1.40. The fourth-order valence-electron chi connectivity index (χ4n) is 1.40. The summed E-state index contributed by atoms with van der Waals surface area (Å²) in [5.74, 6) is 0.406. The number of ether oxygens (including phenoxy) is 2. The van der Waals surface area contributed by atoms with Crippen LogP contribution in [0.2, 0.25) is 0 Å². The number of rotatable bonds is 9. The zero-order valence-corrected chi connectivity index (χ0v) is 13.9. The van der Waals surface area contributed by atoms with E-state index in [0.29, 0.717) is 39.3 Å². The molecule has 4 heteroatoms. The second kappa shape index (κ2) is 8.53. The largest absolute Gasteiger partial charge is 0.379 e. The molecular weight excluding hydrogens is 256 g/mol. The molecule has 0 saturated carbocycles. The molecule has 20 heavy (non-hydrogen) atoms. The van der Waals surface area contributed by atoms with Gasteiger partial charge < -0.3 is 9.47 Å². The standard InChI is InChI=1S/C16H30O4/c1-15(2,3)13(17)7-9-19-11-12-20-10-8-14(18)16(4,5)6/h7-12H2,1-6H3. The lowest BCUT2D eigenvalue weighted by Gasteiger charge is -2.16. The van der Waals surface area contributed by atoms with Gasteiger partial charge >= 0.3 is 0 Å². The molecule has 0 aromatic heterocycles. The lowest BCUT2D eigenvalue weighted by Crippen LogP contribution is -2.22. The van der Waals surface area contributed by atoms with E-state index in [0.717, 1.165) is 0 Å². The minimum Gasteiger partial charge on any atom is -0.379 e. The number of hydrogen-bond donors (Lipinski definition) is 0. The summed E-state index contributed by atoms with van der Waals surface area (Å²) >= 11 is 0. The number of carbonyl (C=O) groups excluding carboxylic acids is 2. The predicted octanol–water partition coefficient (Wildman–Crippen LogP) is 3.03. The van der Waals surface area contributed by atoms with E-state index in [4.69, 9.17) is 9.47 Å². The Hall–Kier alpha value is -0.740. The molecule has 0 unspecified atom stereocenters. The summed E-state index contributed by atoms with van der Waals surface area (Å²) in [6.45, 7) is 13.2. The molecule has 0 radical (unpaired) electrons. The third-order valence-electron chi connectivity index (χ3n) is 2.99. The maximum atomic E-state index is 11.6. The van der Waals surface area contributed by atoms with Crippen LogP contribution in [0.3, 0.4) is 0 Å². The first kappa shape index (κ1) is 19.3. The average Bonchev–Trinajstić information content (AvgIpc) is 2.29. The van der Waals surface area contributed by atoms with Crippen LogP contribution >= 0.6 is 0 Å². The number of ketones is 2. The molecule has 0 atom stereocenters.